The van der Waals surface area contributed by atoms with Gasteiger partial charge in [-0.05, 0) is 86.0 Å². The number of pyridine rings is 1. The molecule has 2 fully saturated rings. The molecular formula is C44H64N6O6. The Morgan fingerprint density at radius 1 is 1.04 bits per heavy atom. The Morgan fingerprint density at radius 3 is 2.66 bits per heavy atom. The van der Waals surface area contributed by atoms with E-state index in [9.17, 15) is 14.7 Å². The van der Waals surface area contributed by atoms with E-state index in [0.29, 0.717) is 57.1 Å². The van der Waals surface area contributed by atoms with Crippen LogP contribution in [0.2, 0.25) is 0 Å². The second-order valence-electron chi connectivity index (χ2n) is 14.9. The molecule has 2 aromatic carbocycles. The highest BCUT2D eigenvalue weighted by molar-refractivity contribution is 5.97. The molecule has 2 saturated heterocycles. The molecule has 0 aliphatic carbocycles. The number of carbonyl (C=O) groups excluding carboxylic acids is 2. The van der Waals surface area contributed by atoms with E-state index >= 15 is 0 Å². The third kappa shape index (κ3) is 12.4. The summed E-state index contributed by atoms with van der Waals surface area (Å²) in [6.07, 6.45) is 7.77. The first-order valence-corrected chi connectivity index (χ1v) is 20.8. The summed E-state index contributed by atoms with van der Waals surface area (Å²) in [5.74, 6) is 1.41. The second kappa shape index (κ2) is 21.9. The minimum atomic E-state index is -0.280. The fraction of sp³-hybridized carbons (Fsp3) is 0.568. The van der Waals surface area contributed by atoms with Gasteiger partial charge >= 0.3 is 0 Å². The number of rotatable bonds is 18. The summed E-state index contributed by atoms with van der Waals surface area (Å²) in [6.45, 7) is 17.4. The van der Waals surface area contributed by atoms with Crippen LogP contribution < -0.4 is 20.3 Å². The lowest BCUT2D eigenvalue weighted by atomic mass is 9.89. The van der Waals surface area contributed by atoms with E-state index in [2.05, 4.69) is 69.6 Å². The monoisotopic (exact) mass is 772 g/mol. The van der Waals surface area contributed by atoms with Crippen LogP contribution in [0.1, 0.15) is 75.1 Å². The molecule has 1 aromatic heterocycles. The second-order valence-corrected chi connectivity index (χ2v) is 14.9. The predicted molar refractivity (Wildman–Crippen MR) is 222 cm³/mol. The molecule has 0 bridgehead atoms. The van der Waals surface area contributed by atoms with Crippen LogP contribution in [0.15, 0.2) is 54.7 Å². The zero-order valence-corrected chi connectivity index (χ0v) is 34.1. The van der Waals surface area contributed by atoms with Gasteiger partial charge in [-0.1, -0.05) is 57.5 Å². The van der Waals surface area contributed by atoms with Gasteiger partial charge in [0.2, 0.25) is 5.91 Å². The number of aryl methyl sites for hydroxylation is 1. The number of anilines is 2. The van der Waals surface area contributed by atoms with E-state index in [1.165, 1.54) is 16.7 Å². The van der Waals surface area contributed by atoms with Gasteiger partial charge in [-0.3, -0.25) is 14.5 Å². The lowest BCUT2D eigenvalue weighted by Gasteiger charge is -2.47. The molecule has 3 aliphatic heterocycles. The highest BCUT2D eigenvalue weighted by Gasteiger charge is 2.40. The maximum absolute atomic E-state index is 13.1. The average Bonchev–Trinajstić information content (AvgIpc) is 3.21. The molecular weight excluding hydrogens is 709 g/mol. The summed E-state index contributed by atoms with van der Waals surface area (Å²) in [5, 5.41) is 16.2. The number of benzene rings is 2. The van der Waals surface area contributed by atoms with Crippen LogP contribution >= 0.6 is 0 Å². The van der Waals surface area contributed by atoms with Gasteiger partial charge in [0.1, 0.15) is 17.3 Å². The summed E-state index contributed by atoms with van der Waals surface area (Å²) in [6, 6.07) is 16.4. The maximum atomic E-state index is 13.1. The Labute approximate surface area is 333 Å². The number of aromatic hydroxyl groups is 1. The Balaban J connectivity index is 0.00000295. The van der Waals surface area contributed by atoms with E-state index in [-0.39, 0.29) is 29.8 Å². The molecule has 1 spiro atoms. The van der Waals surface area contributed by atoms with Crippen molar-refractivity contribution in [3.8, 4) is 11.5 Å². The summed E-state index contributed by atoms with van der Waals surface area (Å²) in [5.41, 5.74) is 4.95. The summed E-state index contributed by atoms with van der Waals surface area (Å²) >= 11 is 0. The molecule has 12 heteroatoms. The Hall–Kier alpha value is -4.23. The number of nitrogens with one attached hydrogen (secondary N) is 2. The molecule has 56 heavy (non-hydrogen) atoms. The molecule has 6 rings (SSSR count). The molecule has 0 saturated carbocycles. The van der Waals surface area contributed by atoms with Crippen LogP contribution in [-0.4, -0.2) is 116 Å². The highest BCUT2D eigenvalue weighted by atomic mass is 16.5. The minimum absolute atomic E-state index is 0.00436. The molecule has 0 radical (unpaired) electrons. The normalized spacial score (nSPS) is 16.4. The van der Waals surface area contributed by atoms with E-state index in [1.54, 1.807) is 6.07 Å². The van der Waals surface area contributed by atoms with Crippen molar-refractivity contribution in [1.29, 1.82) is 0 Å². The number of likely N-dealkylation sites (tertiary alicyclic amines) is 1. The number of nitrogens with zero attached hydrogens (tertiary/aromatic N) is 4. The summed E-state index contributed by atoms with van der Waals surface area (Å²) < 4.78 is 18.0. The zero-order valence-electron chi connectivity index (χ0n) is 34.1. The van der Waals surface area contributed by atoms with Crippen LogP contribution in [0.3, 0.4) is 0 Å². The molecule has 3 aromatic rings. The molecule has 2 amide bonds. The number of piperidine rings is 1. The molecule has 3 N–H and O–H groups in total. The number of unbranched alkanes of at least 4 members (excludes halogenated alkanes) is 1. The van der Waals surface area contributed by atoms with E-state index in [1.807, 2.05) is 37.1 Å². The Kier molecular flexibility index (Phi) is 16.8. The fourth-order valence-corrected chi connectivity index (χ4v) is 7.59. The van der Waals surface area contributed by atoms with E-state index < -0.39 is 0 Å². The molecule has 306 valence electrons. The first-order valence-electron chi connectivity index (χ1n) is 20.8. The van der Waals surface area contributed by atoms with Crippen LogP contribution in [0.25, 0.3) is 0 Å². The maximum Gasteiger partial charge on any atom is 0.262 e. The highest BCUT2D eigenvalue weighted by Crippen LogP contribution is 2.39. The third-order valence-electron chi connectivity index (χ3n) is 10.7. The van der Waals surface area contributed by atoms with E-state index in [4.69, 9.17) is 14.2 Å². The lowest BCUT2D eigenvalue weighted by Crippen LogP contribution is -2.57. The van der Waals surface area contributed by atoms with E-state index in [0.717, 1.165) is 89.4 Å². The SMILES string of the molecule is CC.CCCCN(CCNCCc1ccc(O)c2c1OCC(=O)N2)C(=O)CCOCCc1cccc(CN2CCC3(CC2)CN(c2cc(C)ccn2)CCO3)c1. The van der Waals surface area contributed by atoms with Gasteiger partial charge in [0.15, 0.2) is 12.4 Å². The number of fused-ring (bicyclic) bond motifs is 1. The molecule has 0 atom stereocenters. The molecule has 0 unspecified atom stereocenters. The number of carbonyl (C=O) groups is 2. The van der Waals surface area contributed by atoms with Crippen molar-refractivity contribution in [2.75, 3.05) is 89.0 Å². The quantitative estimate of drug-likeness (QED) is 0.109. The van der Waals surface area contributed by atoms with Crippen LogP contribution in [0.5, 0.6) is 11.5 Å². The van der Waals surface area contributed by atoms with Crippen molar-refractivity contribution in [1.82, 2.24) is 20.1 Å². The Morgan fingerprint density at radius 2 is 1.86 bits per heavy atom. The van der Waals surface area contributed by atoms with Crippen molar-refractivity contribution >= 4 is 23.3 Å². The molecule has 12 nitrogen and oxygen atoms in total. The number of ether oxygens (including phenoxy) is 3. The number of morpholine rings is 1. The molecule has 4 heterocycles. The standard InChI is InChI=1S/C42H58N6O6.C2H6/c1-3-4-19-47(22-18-43-16-11-35-8-9-36(49)40-41(35)53-30-38(50)45-40)39(51)13-25-52-24-12-33-6-5-7-34(28-33)29-46-20-14-42(15-21-46)31-48(23-26-54-42)37-27-32(2)10-17-44-37;1-2/h5-10,17,27-28,43,49H,3-4,11-16,18-26,29-31H2,1-2H3,(H,45,50);1-2H3. The zero-order chi connectivity index (χ0) is 39.8. The minimum Gasteiger partial charge on any atom is -0.506 e. The number of hydrogen-bond acceptors (Lipinski definition) is 10. The number of phenols is 1. The van der Waals surface area contributed by atoms with Gasteiger partial charge in [-0.2, -0.15) is 0 Å². The van der Waals surface area contributed by atoms with Gasteiger partial charge in [0.25, 0.3) is 5.91 Å². The summed E-state index contributed by atoms with van der Waals surface area (Å²) in [7, 11) is 0. The smallest absolute Gasteiger partial charge is 0.262 e. The topological polar surface area (TPSA) is 129 Å². The largest absolute Gasteiger partial charge is 0.506 e. The first-order chi connectivity index (χ1) is 27.3. The van der Waals surface area contributed by atoms with Crippen LogP contribution in [0.4, 0.5) is 11.5 Å². The lowest BCUT2D eigenvalue weighted by molar-refractivity contribution is -0.132. The van der Waals surface area contributed by atoms with Crippen LogP contribution in [-0.2, 0) is 38.4 Å². The third-order valence-corrected chi connectivity index (χ3v) is 10.7. The average molecular weight is 773 g/mol. The van der Waals surface area contributed by atoms with Crippen molar-refractivity contribution in [3.05, 3.63) is 77.0 Å². The van der Waals surface area contributed by atoms with Gasteiger partial charge in [-0.15, -0.1) is 0 Å². The Bertz CT molecular complexity index is 1700. The van der Waals surface area contributed by atoms with Gasteiger partial charge < -0.3 is 39.8 Å². The predicted octanol–water partition coefficient (Wildman–Crippen LogP) is 5.73. The van der Waals surface area contributed by atoms with Crippen molar-refractivity contribution < 1.29 is 28.9 Å². The summed E-state index contributed by atoms with van der Waals surface area (Å²) in [4.78, 5) is 36.3. The molecule has 3 aliphatic rings. The van der Waals surface area contributed by atoms with Gasteiger partial charge in [-0.25, -0.2) is 4.98 Å². The van der Waals surface area contributed by atoms with Crippen LogP contribution in [0, 0.1) is 6.92 Å². The number of phenolic OH excluding ortho intramolecular Hbond substituents is 1. The van der Waals surface area contributed by atoms with Crippen molar-refractivity contribution in [2.24, 2.45) is 0 Å². The number of aromatic nitrogens is 1. The van der Waals surface area contributed by atoms with Gasteiger partial charge in [0, 0.05) is 58.6 Å². The van der Waals surface area contributed by atoms with Crippen molar-refractivity contribution in [3.63, 3.8) is 0 Å². The van der Waals surface area contributed by atoms with Crippen molar-refractivity contribution in [2.45, 2.75) is 84.8 Å². The fourth-order valence-electron chi connectivity index (χ4n) is 7.59. The first kappa shape index (κ1) is 42.9. The number of amides is 2. The van der Waals surface area contributed by atoms with Gasteiger partial charge in [0.05, 0.1) is 31.8 Å². The number of hydrogen-bond donors (Lipinski definition) is 3.